The summed E-state index contributed by atoms with van der Waals surface area (Å²) in [5.41, 5.74) is 0. The monoisotopic (exact) mass is 140 g/mol. The molecule has 0 N–H and O–H groups in total. The number of carbonyl (C=O) groups is 1. The van der Waals surface area contributed by atoms with E-state index in [1.807, 2.05) is 7.05 Å². The molecule has 1 aliphatic rings. The lowest BCUT2D eigenvalue weighted by Gasteiger charge is -2.03. The molecule has 0 aliphatic carbocycles. The van der Waals surface area contributed by atoms with E-state index in [1.54, 1.807) is 11.0 Å². The summed E-state index contributed by atoms with van der Waals surface area (Å²) in [4.78, 5) is 12.3. The minimum Gasteiger partial charge on any atom is -0.346 e. The van der Waals surface area contributed by atoms with E-state index < -0.39 is 0 Å². The number of rotatable bonds is 0. The highest BCUT2D eigenvalue weighted by atomic mass is 16.2. The van der Waals surface area contributed by atoms with Gasteiger partial charge in [0.2, 0.25) is 5.91 Å². The van der Waals surface area contributed by atoms with Gasteiger partial charge < -0.3 is 4.90 Å². The number of likely N-dealkylation sites (tertiary alicyclic amines) is 1. The molecule has 56 valence electrons. The fourth-order valence-corrected chi connectivity index (χ4v) is 0.783. The number of hydrogen-bond donors (Lipinski definition) is 0. The zero-order valence-electron chi connectivity index (χ0n) is 6.42. The molecule has 0 saturated carbocycles. The Bertz CT molecular complexity index is 148. The predicted molar refractivity (Wildman–Crippen MR) is 38.2 cm³/mol. The summed E-state index contributed by atoms with van der Waals surface area (Å²) in [5.74, 6) is 0.292. The van der Waals surface area contributed by atoms with Gasteiger partial charge in [-0.1, -0.05) is 0 Å². The molecule has 1 fully saturated rings. The highest BCUT2D eigenvalue weighted by molar-refractivity contribution is 5.77. The Morgan fingerprint density at radius 1 is 1.70 bits per heavy atom. The van der Waals surface area contributed by atoms with E-state index in [4.69, 9.17) is 5.26 Å². The van der Waals surface area contributed by atoms with Gasteiger partial charge in [0, 0.05) is 26.9 Å². The van der Waals surface area contributed by atoms with Crippen molar-refractivity contribution in [2.75, 3.05) is 13.6 Å². The second-order valence-electron chi connectivity index (χ2n) is 2.14. The van der Waals surface area contributed by atoms with E-state index in [2.05, 4.69) is 0 Å². The van der Waals surface area contributed by atoms with Crippen molar-refractivity contribution in [1.82, 2.24) is 4.90 Å². The van der Waals surface area contributed by atoms with Gasteiger partial charge in [-0.15, -0.1) is 0 Å². The van der Waals surface area contributed by atoms with Crippen molar-refractivity contribution in [3.05, 3.63) is 0 Å². The first-order valence-corrected chi connectivity index (χ1v) is 3.27. The molecule has 1 rings (SSSR count). The summed E-state index contributed by atoms with van der Waals surface area (Å²) < 4.78 is 0. The normalized spacial score (nSPS) is 15.7. The highest BCUT2D eigenvalue weighted by Crippen LogP contribution is 2.04. The molecule has 3 heteroatoms. The Morgan fingerprint density at radius 3 is 2.30 bits per heavy atom. The maximum atomic E-state index is 10.5. The zero-order valence-corrected chi connectivity index (χ0v) is 6.42. The van der Waals surface area contributed by atoms with Crippen LogP contribution in [0.1, 0.15) is 19.8 Å². The van der Waals surface area contributed by atoms with Crippen LogP contribution in [0.5, 0.6) is 0 Å². The predicted octanol–water partition coefficient (Wildman–Crippen LogP) is 0.768. The molecule has 1 amide bonds. The first-order valence-electron chi connectivity index (χ1n) is 3.27. The lowest BCUT2D eigenvalue weighted by molar-refractivity contribution is -0.126. The van der Waals surface area contributed by atoms with Crippen LogP contribution in [-0.2, 0) is 4.79 Å². The molecular weight excluding hydrogens is 128 g/mol. The van der Waals surface area contributed by atoms with Gasteiger partial charge >= 0.3 is 0 Å². The molecule has 0 unspecified atom stereocenters. The molecule has 0 aromatic heterocycles. The maximum absolute atomic E-state index is 10.5. The summed E-state index contributed by atoms with van der Waals surface area (Å²) in [6.07, 6.45) is 1.81. The summed E-state index contributed by atoms with van der Waals surface area (Å²) in [6, 6.07) is 1.75. The Labute approximate surface area is 61.2 Å². The molecule has 1 heterocycles. The maximum Gasteiger partial charge on any atom is 0.222 e. The first kappa shape index (κ1) is 8.96. The Morgan fingerprint density at radius 2 is 2.20 bits per heavy atom. The number of amides is 1. The Kier molecular flexibility index (Phi) is 4.30. The van der Waals surface area contributed by atoms with Gasteiger partial charge in [-0.25, -0.2) is 0 Å². The van der Waals surface area contributed by atoms with E-state index >= 15 is 0 Å². The topological polar surface area (TPSA) is 44.1 Å². The molecule has 0 bridgehead atoms. The molecule has 0 spiro atoms. The van der Waals surface area contributed by atoms with Gasteiger partial charge in [-0.05, 0) is 6.42 Å². The van der Waals surface area contributed by atoms with Gasteiger partial charge in [-0.2, -0.15) is 5.26 Å². The van der Waals surface area contributed by atoms with Crippen molar-refractivity contribution in [1.29, 1.82) is 5.26 Å². The SMILES string of the molecule is CC#N.CN1CCCC1=O. The fourth-order valence-electron chi connectivity index (χ4n) is 0.783. The van der Waals surface area contributed by atoms with Crippen molar-refractivity contribution < 1.29 is 4.79 Å². The lowest BCUT2D eigenvalue weighted by atomic mass is 10.4. The second-order valence-corrected chi connectivity index (χ2v) is 2.14. The number of nitriles is 1. The van der Waals surface area contributed by atoms with E-state index in [0.717, 1.165) is 19.4 Å². The summed E-state index contributed by atoms with van der Waals surface area (Å²) >= 11 is 0. The summed E-state index contributed by atoms with van der Waals surface area (Å²) in [7, 11) is 1.84. The fraction of sp³-hybridized carbons (Fsp3) is 0.714. The van der Waals surface area contributed by atoms with Crippen LogP contribution in [0.25, 0.3) is 0 Å². The van der Waals surface area contributed by atoms with Crippen LogP contribution in [0, 0.1) is 11.3 Å². The highest BCUT2D eigenvalue weighted by Gasteiger charge is 2.14. The first-order chi connectivity index (χ1) is 4.72. The molecule has 0 atom stereocenters. The lowest BCUT2D eigenvalue weighted by Crippen LogP contribution is -2.17. The average Bonchev–Trinajstić information content (AvgIpc) is 2.19. The van der Waals surface area contributed by atoms with E-state index in [0.29, 0.717) is 5.91 Å². The molecule has 0 aromatic carbocycles. The van der Waals surface area contributed by atoms with Crippen LogP contribution in [0.3, 0.4) is 0 Å². The van der Waals surface area contributed by atoms with Crippen LogP contribution < -0.4 is 0 Å². The molecule has 0 aromatic rings. The number of nitrogens with zero attached hydrogens (tertiary/aromatic N) is 2. The Balaban J connectivity index is 0.000000236. The van der Waals surface area contributed by atoms with E-state index in [-0.39, 0.29) is 0 Å². The van der Waals surface area contributed by atoms with Gasteiger partial charge in [0.1, 0.15) is 0 Å². The Hall–Kier alpha value is -1.04. The molecule has 10 heavy (non-hydrogen) atoms. The number of hydrogen-bond acceptors (Lipinski definition) is 2. The summed E-state index contributed by atoms with van der Waals surface area (Å²) in [6.45, 7) is 2.39. The second kappa shape index (κ2) is 4.80. The third-order valence-electron chi connectivity index (χ3n) is 1.31. The minimum absolute atomic E-state index is 0.292. The van der Waals surface area contributed by atoms with Crippen molar-refractivity contribution in [2.24, 2.45) is 0 Å². The van der Waals surface area contributed by atoms with Gasteiger partial charge in [0.05, 0.1) is 6.07 Å². The molecule has 3 nitrogen and oxygen atoms in total. The quantitative estimate of drug-likeness (QED) is 0.498. The third kappa shape index (κ3) is 3.08. The van der Waals surface area contributed by atoms with Crippen LogP contribution in [0.4, 0.5) is 0 Å². The van der Waals surface area contributed by atoms with Crippen LogP contribution in [0.2, 0.25) is 0 Å². The standard InChI is InChI=1S/C5H9NO.C2H3N/c1-6-4-2-3-5(6)7;1-2-3/h2-4H2,1H3;1H3. The zero-order chi connectivity index (χ0) is 7.98. The van der Waals surface area contributed by atoms with Crippen molar-refractivity contribution in [3.63, 3.8) is 0 Å². The van der Waals surface area contributed by atoms with Gasteiger partial charge in [0.15, 0.2) is 0 Å². The number of carbonyl (C=O) groups excluding carboxylic acids is 1. The smallest absolute Gasteiger partial charge is 0.222 e. The molecule has 0 radical (unpaired) electrons. The van der Waals surface area contributed by atoms with Crippen molar-refractivity contribution >= 4 is 5.91 Å². The van der Waals surface area contributed by atoms with Crippen molar-refractivity contribution in [3.8, 4) is 6.07 Å². The molecular formula is C7H12N2O. The van der Waals surface area contributed by atoms with Crippen molar-refractivity contribution in [2.45, 2.75) is 19.8 Å². The minimum atomic E-state index is 0.292. The van der Waals surface area contributed by atoms with Gasteiger partial charge in [0.25, 0.3) is 0 Å². The van der Waals surface area contributed by atoms with Gasteiger partial charge in [-0.3, -0.25) is 4.79 Å². The van der Waals surface area contributed by atoms with Crippen LogP contribution in [0.15, 0.2) is 0 Å². The van der Waals surface area contributed by atoms with Crippen LogP contribution >= 0.6 is 0 Å². The average molecular weight is 140 g/mol. The summed E-state index contributed by atoms with van der Waals surface area (Å²) in [5, 5.41) is 7.32. The molecule has 1 saturated heterocycles. The van der Waals surface area contributed by atoms with Crippen LogP contribution in [-0.4, -0.2) is 24.4 Å². The van der Waals surface area contributed by atoms with E-state index in [9.17, 15) is 4.79 Å². The molecule has 1 aliphatic heterocycles. The third-order valence-corrected chi connectivity index (χ3v) is 1.31. The largest absolute Gasteiger partial charge is 0.346 e. The van der Waals surface area contributed by atoms with E-state index in [1.165, 1.54) is 6.92 Å².